The Morgan fingerprint density at radius 3 is 2.41 bits per heavy atom. The summed E-state index contributed by atoms with van der Waals surface area (Å²) in [6, 6.07) is 14.2. The predicted octanol–water partition coefficient (Wildman–Crippen LogP) is 3.33. The fraction of sp³-hybridized carbons (Fsp3) is 0.280. The van der Waals surface area contributed by atoms with Crippen molar-refractivity contribution in [2.45, 2.75) is 6.04 Å². The lowest BCUT2D eigenvalue weighted by Gasteiger charge is -2.37. The molecular weight excluding hydrogens is 406 g/mol. The van der Waals surface area contributed by atoms with Crippen molar-refractivity contribution in [1.82, 2.24) is 14.4 Å². The van der Waals surface area contributed by atoms with Crippen LogP contribution in [0.3, 0.4) is 0 Å². The number of hydrogen-bond donors (Lipinski definition) is 2. The van der Waals surface area contributed by atoms with Gasteiger partial charge in [-0.05, 0) is 17.7 Å². The highest BCUT2D eigenvalue weighted by Crippen LogP contribution is 2.31. The maximum atomic E-state index is 12.3. The van der Waals surface area contributed by atoms with Crippen LogP contribution in [0.1, 0.15) is 27.5 Å². The Morgan fingerprint density at radius 2 is 1.75 bits per heavy atom. The standard InChI is InChI=1S/C25H27N3O4/c1-26-17-21(20-10-9-19(24(29)30)16-22(20)26)23(25(31)32)28-14-12-27(13-15-28)11-5-8-18-6-3-2-4-7-18/h2-10,16-17,23H,11-15H2,1H3,(H,29,30)(H,31,32)/b8-5+/t23-/m0/s1. The third kappa shape index (κ3) is 4.59. The molecule has 32 heavy (non-hydrogen) atoms. The van der Waals surface area contributed by atoms with Crippen LogP contribution in [0, 0.1) is 0 Å². The molecule has 2 aromatic carbocycles. The van der Waals surface area contributed by atoms with E-state index >= 15 is 0 Å². The first kappa shape index (κ1) is 21.8. The number of piperazine rings is 1. The van der Waals surface area contributed by atoms with Gasteiger partial charge >= 0.3 is 11.9 Å². The van der Waals surface area contributed by atoms with Gasteiger partial charge in [0.1, 0.15) is 6.04 Å². The predicted molar refractivity (Wildman–Crippen MR) is 124 cm³/mol. The van der Waals surface area contributed by atoms with E-state index < -0.39 is 18.0 Å². The molecule has 0 bridgehead atoms. The smallest absolute Gasteiger partial charge is 0.335 e. The molecule has 0 radical (unpaired) electrons. The van der Waals surface area contributed by atoms with Crippen LogP contribution in [0.5, 0.6) is 0 Å². The van der Waals surface area contributed by atoms with Gasteiger partial charge in [-0.3, -0.25) is 14.6 Å². The highest BCUT2D eigenvalue weighted by Gasteiger charge is 2.32. The Morgan fingerprint density at radius 1 is 1.03 bits per heavy atom. The molecule has 0 saturated carbocycles. The van der Waals surface area contributed by atoms with E-state index in [1.807, 2.05) is 36.3 Å². The SMILES string of the molecule is Cn1cc([C@@H](C(=O)O)N2CCN(C/C=C/c3ccccc3)CC2)c2ccc(C(=O)O)cc21. The van der Waals surface area contributed by atoms with Crippen LogP contribution in [-0.2, 0) is 11.8 Å². The molecule has 4 rings (SSSR count). The molecule has 1 aliphatic heterocycles. The number of benzene rings is 2. The number of aromatic carboxylic acids is 1. The molecule has 166 valence electrons. The van der Waals surface area contributed by atoms with Crippen LogP contribution in [-0.4, -0.2) is 69.2 Å². The van der Waals surface area contributed by atoms with Crippen molar-refractivity contribution in [3.05, 3.63) is 77.5 Å². The van der Waals surface area contributed by atoms with Crippen molar-refractivity contribution in [2.24, 2.45) is 7.05 Å². The van der Waals surface area contributed by atoms with Gasteiger partial charge in [0.25, 0.3) is 0 Å². The van der Waals surface area contributed by atoms with Gasteiger partial charge in [0.05, 0.1) is 5.56 Å². The van der Waals surface area contributed by atoms with Crippen molar-refractivity contribution >= 4 is 28.9 Å². The molecule has 2 heterocycles. The molecule has 0 amide bonds. The number of aryl methyl sites for hydroxylation is 1. The fourth-order valence-electron chi connectivity index (χ4n) is 4.36. The average Bonchev–Trinajstić information content (AvgIpc) is 3.11. The third-order valence-corrected chi connectivity index (χ3v) is 6.04. The molecule has 1 aromatic heterocycles. The van der Waals surface area contributed by atoms with Gasteiger partial charge in [-0.1, -0.05) is 48.6 Å². The Balaban J connectivity index is 1.47. The van der Waals surface area contributed by atoms with Gasteiger partial charge in [0.15, 0.2) is 0 Å². The number of nitrogens with zero attached hydrogens (tertiary/aromatic N) is 3. The number of aromatic nitrogens is 1. The molecule has 0 spiro atoms. The van der Waals surface area contributed by atoms with E-state index in [9.17, 15) is 19.8 Å². The molecule has 2 N–H and O–H groups in total. The molecule has 7 heteroatoms. The van der Waals surface area contributed by atoms with Crippen molar-refractivity contribution in [3.8, 4) is 0 Å². The molecule has 0 unspecified atom stereocenters. The lowest BCUT2D eigenvalue weighted by Crippen LogP contribution is -2.49. The summed E-state index contributed by atoms with van der Waals surface area (Å²) in [6.07, 6.45) is 6.06. The minimum Gasteiger partial charge on any atom is -0.480 e. The Bertz CT molecular complexity index is 1140. The number of carboxylic acid groups (broad SMARTS) is 2. The number of carbonyl (C=O) groups is 2. The number of aliphatic carboxylic acids is 1. The summed E-state index contributed by atoms with van der Waals surface area (Å²) in [5.74, 6) is -1.89. The second-order valence-corrected chi connectivity index (χ2v) is 8.12. The summed E-state index contributed by atoms with van der Waals surface area (Å²) < 4.78 is 1.80. The van der Waals surface area contributed by atoms with E-state index in [1.54, 1.807) is 16.7 Å². The van der Waals surface area contributed by atoms with Crippen molar-refractivity contribution < 1.29 is 19.8 Å². The van der Waals surface area contributed by atoms with E-state index in [0.29, 0.717) is 18.7 Å². The van der Waals surface area contributed by atoms with E-state index in [4.69, 9.17) is 0 Å². The summed E-state index contributed by atoms with van der Waals surface area (Å²) in [6.45, 7) is 3.71. The zero-order chi connectivity index (χ0) is 22.7. The van der Waals surface area contributed by atoms with E-state index in [1.165, 1.54) is 11.6 Å². The van der Waals surface area contributed by atoms with E-state index in [-0.39, 0.29) is 5.56 Å². The summed E-state index contributed by atoms with van der Waals surface area (Å²) in [4.78, 5) is 27.9. The van der Waals surface area contributed by atoms with Crippen LogP contribution in [0.2, 0.25) is 0 Å². The molecule has 0 aliphatic carbocycles. The number of carboxylic acids is 2. The largest absolute Gasteiger partial charge is 0.480 e. The zero-order valence-electron chi connectivity index (χ0n) is 18.0. The molecule has 1 atom stereocenters. The van der Waals surface area contributed by atoms with Crippen LogP contribution in [0.4, 0.5) is 0 Å². The Hall–Kier alpha value is -3.42. The van der Waals surface area contributed by atoms with Crippen LogP contribution in [0.25, 0.3) is 17.0 Å². The van der Waals surface area contributed by atoms with Crippen LogP contribution in [0.15, 0.2) is 60.8 Å². The second-order valence-electron chi connectivity index (χ2n) is 8.12. The molecule has 1 aliphatic rings. The Kier molecular flexibility index (Phi) is 6.39. The molecule has 7 nitrogen and oxygen atoms in total. The topological polar surface area (TPSA) is 86.0 Å². The number of rotatable bonds is 7. The van der Waals surface area contributed by atoms with Gasteiger partial charge < -0.3 is 14.8 Å². The molecule has 1 saturated heterocycles. The van der Waals surface area contributed by atoms with Crippen molar-refractivity contribution in [3.63, 3.8) is 0 Å². The first-order valence-electron chi connectivity index (χ1n) is 10.7. The van der Waals surface area contributed by atoms with E-state index in [2.05, 4.69) is 29.2 Å². The number of fused-ring (bicyclic) bond motifs is 1. The first-order valence-corrected chi connectivity index (χ1v) is 10.7. The maximum Gasteiger partial charge on any atom is 0.335 e. The van der Waals surface area contributed by atoms with Gasteiger partial charge in [-0.15, -0.1) is 0 Å². The lowest BCUT2D eigenvalue weighted by atomic mass is 10.0. The Labute approximate surface area is 186 Å². The zero-order valence-corrected chi connectivity index (χ0v) is 18.0. The highest BCUT2D eigenvalue weighted by atomic mass is 16.4. The lowest BCUT2D eigenvalue weighted by molar-refractivity contribution is -0.144. The van der Waals surface area contributed by atoms with Gasteiger partial charge in [-0.25, -0.2) is 4.79 Å². The van der Waals surface area contributed by atoms with E-state index in [0.717, 1.165) is 30.5 Å². The quantitative estimate of drug-likeness (QED) is 0.595. The summed E-state index contributed by atoms with van der Waals surface area (Å²) >= 11 is 0. The minimum atomic E-state index is -0.998. The fourth-order valence-corrected chi connectivity index (χ4v) is 4.36. The molecule has 3 aromatic rings. The monoisotopic (exact) mass is 433 g/mol. The normalized spacial score (nSPS) is 16.5. The summed E-state index contributed by atoms with van der Waals surface area (Å²) in [5.41, 5.74) is 2.77. The minimum absolute atomic E-state index is 0.189. The highest BCUT2D eigenvalue weighted by molar-refractivity contribution is 5.96. The molecular formula is C25H27N3O4. The summed E-state index contributed by atoms with van der Waals surface area (Å²) in [5, 5.41) is 20.1. The van der Waals surface area contributed by atoms with Crippen molar-refractivity contribution in [2.75, 3.05) is 32.7 Å². The van der Waals surface area contributed by atoms with Crippen LogP contribution >= 0.6 is 0 Å². The first-order chi connectivity index (χ1) is 15.4. The summed E-state index contributed by atoms with van der Waals surface area (Å²) in [7, 11) is 1.81. The van der Waals surface area contributed by atoms with Gasteiger partial charge in [-0.2, -0.15) is 0 Å². The van der Waals surface area contributed by atoms with Crippen molar-refractivity contribution in [1.29, 1.82) is 0 Å². The molecule has 1 fully saturated rings. The number of hydrogen-bond acceptors (Lipinski definition) is 4. The van der Waals surface area contributed by atoms with Gasteiger partial charge in [0.2, 0.25) is 0 Å². The third-order valence-electron chi connectivity index (χ3n) is 6.04. The van der Waals surface area contributed by atoms with Gasteiger partial charge in [0, 0.05) is 62.4 Å². The second kappa shape index (κ2) is 9.38. The maximum absolute atomic E-state index is 12.3. The van der Waals surface area contributed by atoms with Crippen LogP contribution < -0.4 is 0 Å². The average molecular weight is 434 g/mol.